The summed E-state index contributed by atoms with van der Waals surface area (Å²) in [5.41, 5.74) is 5.81. The van der Waals surface area contributed by atoms with E-state index in [9.17, 15) is 4.79 Å². The van der Waals surface area contributed by atoms with Gasteiger partial charge in [-0.1, -0.05) is 65.8 Å². The standard InChI is InChI=1S/C27H29N2.C5H8O2.Ir/c1-16(2)21-14-20-12-13-22-25(19-10-8-7-9-11-19)28-27(18(5)6)29-26(22)24(20)23(15-21)17(3)4;1-4(6)3-5(2)7;/h7-10,12-18H,1-6H3;3,6H,1-2H3;/q-1;;/b;4-3-;. The topological polar surface area (TPSA) is 63.1 Å². The second-order valence-electron chi connectivity index (χ2n) is 10.2. The number of hydrogen-bond donors (Lipinski definition) is 1. The Hall–Kier alpha value is -2.88. The van der Waals surface area contributed by atoms with Crippen LogP contribution >= 0.6 is 0 Å². The second-order valence-corrected chi connectivity index (χ2v) is 10.2. The molecule has 0 aliphatic carbocycles. The molecule has 0 aliphatic heterocycles. The van der Waals surface area contributed by atoms with E-state index in [1.165, 1.54) is 41.8 Å². The van der Waals surface area contributed by atoms with Gasteiger partial charge in [0, 0.05) is 37.5 Å². The third-order valence-electron chi connectivity index (χ3n) is 6.03. The molecule has 197 valence electrons. The van der Waals surface area contributed by atoms with Crippen molar-refractivity contribution in [3.8, 4) is 11.3 Å². The van der Waals surface area contributed by atoms with Crippen molar-refractivity contribution in [3.05, 3.63) is 83.4 Å². The van der Waals surface area contributed by atoms with Gasteiger partial charge in [0.25, 0.3) is 0 Å². The molecular formula is C32H37IrN2O2-. The molecule has 3 aromatic carbocycles. The molecule has 0 aliphatic rings. The summed E-state index contributed by atoms with van der Waals surface area (Å²) in [4.78, 5) is 20.1. The molecule has 5 heteroatoms. The van der Waals surface area contributed by atoms with Gasteiger partial charge in [0.15, 0.2) is 5.78 Å². The zero-order chi connectivity index (χ0) is 26.6. The first kappa shape index (κ1) is 30.3. The summed E-state index contributed by atoms with van der Waals surface area (Å²) in [6.07, 6.45) is 1.17. The summed E-state index contributed by atoms with van der Waals surface area (Å²) >= 11 is 0. The molecule has 1 N–H and O–H groups in total. The number of carbonyl (C=O) groups is 1. The summed E-state index contributed by atoms with van der Waals surface area (Å²) in [7, 11) is 0. The Morgan fingerprint density at radius 2 is 1.62 bits per heavy atom. The first-order valence-electron chi connectivity index (χ1n) is 12.6. The predicted octanol–water partition coefficient (Wildman–Crippen LogP) is 8.66. The largest absolute Gasteiger partial charge is 0.512 e. The normalized spacial score (nSPS) is 11.6. The van der Waals surface area contributed by atoms with Gasteiger partial charge >= 0.3 is 0 Å². The van der Waals surface area contributed by atoms with E-state index in [0.717, 1.165) is 28.0 Å². The summed E-state index contributed by atoms with van der Waals surface area (Å²) in [5, 5.41) is 12.0. The number of fused-ring (bicyclic) bond motifs is 3. The van der Waals surface area contributed by atoms with E-state index in [1.807, 2.05) is 18.2 Å². The van der Waals surface area contributed by atoms with E-state index in [4.69, 9.17) is 15.1 Å². The Balaban J connectivity index is 0.000000532. The van der Waals surface area contributed by atoms with E-state index in [1.54, 1.807) is 0 Å². The average molecular weight is 674 g/mol. The zero-order valence-corrected chi connectivity index (χ0v) is 25.4. The molecular weight excluding hydrogens is 637 g/mol. The number of hydrogen-bond acceptors (Lipinski definition) is 4. The van der Waals surface area contributed by atoms with Crippen LogP contribution < -0.4 is 0 Å². The van der Waals surface area contributed by atoms with Gasteiger partial charge in [-0.05, 0) is 53.3 Å². The summed E-state index contributed by atoms with van der Waals surface area (Å²) in [6, 6.07) is 20.6. The minimum Gasteiger partial charge on any atom is -0.512 e. The predicted molar refractivity (Wildman–Crippen MR) is 151 cm³/mol. The molecule has 0 unspecified atom stereocenters. The molecule has 1 radical (unpaired) electrons. The van der Waals surface area contributed by atoms with Crippen molar-refractivity contribution >= 4 is 27.5 Å². The average Bonchev–Trinajstić information content (AvgIpc) is 2.82. The smallest absolute Gasteiger partial charge is 0.155 e. The van der Waals surface area contributed by atoms with Crippen LogP contribution in [0.5, 0.6) is 0 Å². The quantitative estimate of drug-likeness (QED) is 0.0997. The monoisotopic (exact) mass is 674 g/mol. The number of ketones is 1. The third-order valence-corrected chi connectivity index (χ3v) is 6.03. The molecule has 0 bridgehead atoms. The molecule has 0 saturated heterocycles. The Morgan fingerprint density at radius 3 is 2.11 bits per heavy atom. The summed E-state index contributed by atoms with van der Waals surface area (Å²) in [6.45, 7) is 16.2. The van der Waals surface area contributed by atoms with E-state index in [0.29, 0.717) is 11.8 Å². The molecule has 4 nitrogen and oxygen atoms in total. The molecule has 1 heterocycles. The van der Waals surface area contributed by atoms with Crippen LogP contribution in [0.4, 0.5) is 0 Å². The van der Waals surface area contributed by atoms with E-state index in [-0.39, 0.29) is 37.6 Å². The number of allylic oxidation sites excluding steroid dienone is 2. The van der Waals surface area contributed by atoms with Crippen LogP contribution in [0.2, 0.25) is 0 Å². The number of carbonyl (C=O) groups excluding carboxylic acids is 1. The Labute approximate surface area is 234 Å². The van der Waals surface area contributed by atoms with E-state index in [2.05, 4.69) is 77.9 Å². The van der Waals surface area contributed by atoms with Crippen molar-refractivity contribution in [3.63, 3.8) is 0 Å². The number of rotatable bonds is 5. The fourth-order valence-electron chi connectivity index (χ4n) is 4.21. The van der Waals surface area contributed by atoms with Crippen LogP contribution in [0.1, 0.15) is 90.1 Å². The van der Waals surface area contributed by atoms with Crippen molar-refractivity contribution in [1.29, 1.82) is 0 Å². The fourth-order valence-corrected chi connectivity index (χ4v) is 4.21. The molecule has 4 aromatic rings. The van der Waals surface area contributed by atoms with Gasteiger partial charge in [-0.15, -0.1) is 35.9 Å². The first-order chi connectivity index (χ1) is 17.0. The van der Waals surface area contributed by atoms with E-state index < -0.39 is 0 Å². The number of aliphatic hydroxyl groups excluding tert-OH is 1. The third kappa shape index (κ3) is 7.34. The number of benzene rings is 3. The Kier molecular flexibility index (Phi) is 10.7. The summed E-state index contributed by atoms with van der Waals surface area (Å²) in [5.74, 6) is 2.01. The van der Waals surface area contributed by atoms with Crippen molar-refractivity contribution < 1.29 is 30.0 Å². The maximum absolute atomic E-state index is 10.0. The van der Waals surface area contributed by atoms with Gasteiger partial charge < -0.3 is 5.11 Å². The molecule has 37 heavy (non-hydrogen) atoms. The van der Waals surface area contributed by atoms with Crippen LogP contribution in [-0.4, -0.2) is 20.9 Å². The molecule has 0 amide bonds. The Bertz CT molecular complexity index is 1400. The fraction of sp³-hybridized carbons (Fsp3) is 0.344. The van der Waals surface area contributed by atoms with Gasteiger partial charge in [0.1, 0.15) is 5.82 Å². The van der Waals surface area contributed by atoms with Crippen molar-refractivity contribution in [2.75, 3.05) is 0 Å². The summed E-state index contributed by atoms with van der Waals surface area (Å²) < 4.78 is 0. The number of aliphatic hydroxyl groups is 1. The molecule has 0 fully saturated rings. The van der Waals surface area contributed by atoms with Crippen LogP contribution in [0.3, 0.4) is 0 Å². The molecule has 1 aromatic heterocycles. The van der Waals surface area contributed by atoms with Crippen LogP contribution in [0.25, 0.3) is 32.9 Å². The van der Waals surface area contributed by atoms with Crippen LogP contribution in [0, 0.1) is 6.07 Å². The van der Waals surface area contributed by atoms with Gasteiger partial charge in [0.2, 0.25) is 0 Å². The van der Waals surface area contributed by atoms with Gasteiger partial charge in [-0.3, -0.25) is 9.78 Å². The van der Waals surface area contributed by atoms with Crippen molar-refractivity contribution in [2.24, 2.45) is 0 Å². The first-order valence-corrected chi connectivity index (χ1v) is 12.6. The molecule has 0 saturated carbocycles. The minimum atomic E-state index is -0.125. The molecule has 0 atom stereocenters. The van der Waals surface area contributed by atoms with Gasteiger partial charge in [-0.2, -0.15) is 0 Å². The Morgan fingerprint density at radius 1 is 0.919 bits per heavy atom. The zero-order valence-electron chi connectivity index (χ0n) is 23.0. The van der Waals surface area contributed by atoms with Crippen LogP contribution in [0.15, 0.2) is 60.4 Å². The van der Waals surface area contributed by atoms with Gasteiger partial charge in [0.05, 0.1) is 11.3 Å². The molecule has 0 spiro atoms. The van der Waals surface area contributed by atoms with Crippen LogP contribution in [-0.2, 0) is 24.9 Å². The maximum Gasteiger partial charge on any atom is 0.155 e. The minimum absolute atomic E-state index is 0. The van der Waals surface area contributed by atoms with Gasteiger partial charge in [-0.25, -0.2) is 4.98 Å². The number of nitrogens with zero attached hydrogens (tertiary/aromatic N) is 2. The molecule has 4 rings (SSSR count). The SMILES string of the molecule is CC(=O)/C=C(/C)O.CC(C)c1cc(C(C)C)c2c(ccc3c(-c4[c-]cccc4)nc(C(C)C)nc32)c1.[Ir]. The van der Waals surface area contributed by atoms with E-state index >= 15 is 0 Å². The van der Waals surface area contributed by atoms with Crippen molar-refractivity contribution in [1.82, 2.24) is 9.97 Å². The number of aromatic nitrogens is 2. The second kappa shape index (κ2) is 13.1. The van der Waals surface area contributed by atoms with Crippen molar-refractivity contribution in [2.45, 2.75) is 73.1 Å². The maximum atomic E-state index is 10.0.